The lowest BCUT2D eigenvalue weighted by Gasteiger charge is -2.70. The van der Waals surface area contributed by atoms with Crippen LogP contribution in [0.3, 0.4) is 0 Å². The maximum Gasteiger partial charge on any atom is 0.0622 e. The Hall–Kier alpha value is -0.160. The first kappa shape index (κ1) is 26.9. The summed E-state index contributed by atoms with van der Waals surface area (Å²) in [5.74, 6) is 1.35. The summed E-state index contributed by atoms with van der Waals surface area (Å²) >= 11 is 0. The molecule has 0 heterocycles. The molecule has 4 nitrogen and oxygen atoms in total. The molecule has 4 aliphatic carbocycles. The summed E-state index contributed by atoms with van der Waals surface area (Å²) in [4.78, 5) is 0. The van der Waals surface area contributed by atoms with Crippen LogP contribution in [-0.2, 0) is 4.74 Å². The maximum absolute atomic E-state index is 11.7. The van der Waals surface area contributed by atoms with Crippen molar-refractivity contribution in [2.75, 3.05) is 7.11 Å². The molecule has 0 saturated heterocycles. The quantitative estimate of drug-likeness (QED) is 0.440. The van der Waals surface area contributed by atoms with Crippen molar-refractivity contribution in [1.82, 2.24) is 0 Å². The summed E-state index contributed by atoms with van der Waals surface area (Å²) in [5, 5.41) is 33.9. The zero-order valence-corrected chi connectivity index (χ0v) is 23.4. The molecule has 4 heteroatoms. The van der Waals surface area contributed by atoms with Gasteiger partial charge in [0, 0.05) is 7.11 Å². The van der Waals surface area contributed by atoms with Gasteiger partial charge in [-0.25, -0.2) is 0 Å². The van der Waals surface area contributed by atoms with E-state index in [0.29, 0.717) is 11.8 Å². The van der Waals surface area contributed by atoms with Crippen LogP contribution in [0.15, 0.2) is 0 Å². The molecule has 4 fully saturated rings. The fraction of sp³-hybridized carbons (Fsp3) is 1.00. The largest absolute Gasteiger partial charge is 0.393 e. The summed E-state index contributed by atoms with van der Waals surface area (Å²) in [6, 6.07) is 0. The van der Waals surface area contributed by atoms with Gasteiger partial charge in [0.1, 0.15) is 0 Å². The first-order chi connectivity index (χ1) is 15.6. The SMILES string of the molecule is COC(C)(C)CCCC(O)C1CCC2(C)C1C(O)CC1C3(C)CCC(O)C(C)(C)C3CCC12C. The summed E-state index contributed by atoms with van der Waals surface area (Å²) in [5.41, 5.74) is 0.174. The molecule has 4 aliphatic rings. The predicted octanol–water partition coefficient (Wildman–Crippen LogP) is 5.96. The molecule has 4 saturated carbocycles. The van der Waals surface area contributed by atoms with Crippen LogP contribution in [-0.4, -0.2) is 46.3 Å². The number of ether oxygens (including phenoxy) is 1. The van der Waals surface area contributed by atoms with E-state index in [1.54, 1.807) is 7.11 Å². The standard InChI is InChI=1S/C30H54O4/c1-26(2,34-8)14-9-10-20(31)19-11-16-30(7)25(19)21(32)18-23-28(5)15-13-24(33)27(3,4)22(28)12-17-29(23,30)6/h19-25,31-33H,9-18H2,1-8H3. The first-order valence-corrected chi connectivity index (χ1v) is 14.2. The Balaban J connectivity index is 1.57. The third kappa shape index (κ3) is 3.84. The smallest absolute Gasteiger partial charge is 0.0622 e. The molecular formula is C30H54O4. The average Bonchev–Trinajstić information content (AvgIpc) is 3.13. The number of fused-ring (bicyclic) bond motifs is 5. The van der Waals surface area contributed by atoms with E-state index in [1.165, 1.54) is 12.8 Å². The van der Waals surface area contributed by atoms with Gasteiger partial charge in [-0.1, -0.05) is 34.6 Å². The molecule has 0 radical (unpaired) electrons. The zero-order chi connectivity index (χ0) is 25.3. The fourth-order valence-corrected chi connectivity index (χ4v) is 10.3. The summed E-state index contributed by atoms with van der Waals surface area (Å²) < 4.78 is 5.57. The van der Waals surface area contributed by atoms with Gasteiger partial charge in [-0.3, -0.25) is 0 Å². The van der Waals surface area contributed by atoms with Crippen molar-refractivity contribution in [1.29, 1.82) is 0 Å². The highest BCUT2D eigenvalue weighted by Crippen LogP contribution is 2.75. The third-order valence-corrected chi connectivity index (χ3v) is 12.7. The van der Waals surface area contributed by atoms with E-state index in [4.69, 9.17) is 4.74 Å². The number of rotatable bonds is 6. The summed E-state index contributed by atoms with van der Waals surface area (Å²) in [7, 11) is 1.76. The molecule has 10 unspecified atom stereocenters. The maximum atomic E-state index is 11.7. The van der Waals surface area contributed by atoms with Crippen molar-refractivity contribution in [2.24, 2.45) is 45.3 Å². The van der Waals surface area contributed by atoms with E-state index in [0.717, 1.165) is 51.4 Å². The minimum atomic E-state index is -0.343. The van der Waals surface area contributed by atoms with Crippen LogP contribution in [0.2, 0.25) is 0 Å². The van der Waals surface area contributed by atoms with Crippen molar-refractivity contribution in [3.8, 4) is 0 Å². The molecule has 0 spiro atoms. The van der Waals surface area contributed by atoms with Gasteiger partial charge < -0.3 is 20.1 Å². The second-order valence-electron chi connectivity index (χ2n) is 14.8. The van der Waals surface area contributed by atoms with Gasteiger partial charge in [0.25, 0.3) is 0 Å². The normalized spacial score (nSPS) is 49.1. The number of aliphatic hydroxyl groups excluding tert-OH is 3. The highest BCUT2D eigenvalue weighted by Gasteiger charge is 2.70. The first-order valence-electron chi connectivity index (χ1n) is 14.2. The van der Waals surface area contributed by atoms with Crippen molar-refractivity contribution >= 4 is 0 Å². The van der Waals surface area contributed by atoms with Crippen molar-refractivity contribution in [3.63, 3.8) is 0 Å². The lowest BCUT2D eigenvalue weighted by molar-refractivity contribution is -0.243. The molecule has 0 aliphatic heterocycles. The Morgan fingerprint density at radius 2 is 1.56 bits per heavy atom. The Kier molecular flexibility index (Phi) is 6.89. The Morgan fingerprint density at radius 1 is 0.912 bits per heavy atom. The molecule has 0 aromatic rings. The van der Waals surface area contributed by atoms with E-state index in [9.17, 15) is 15.3 Å². The number of methoxy groups -OCH3 is 1. The van der Waals surface area contributed by atoms with Gasteiger partial charge in [-0.05, 0) is 123 Å². The molecule has 34 heavy (non-hydrogen) atoms. The molecule has 0 aromatic heterocycles. The minimum absolute atomic E-state index is 0.0565. The van der Waals surface area contributed by atoms with Crippen LogP contribution < -0.4 is 0 Å². The van der Waals surface area contributed by atoms with Gasteiger partial charge >= 0.3 is 0 Å². The minimum Gasteiger partial charge on any atom is -0.393 e. The van der Waals surface area contributed by atoms with E-state index in [1.807, 2.05) is 0 Å². The van der Waals surface area contributed by atoms with Crippen LogP contribution >= 0.6 is 0 Å². The van der Waals surface area contributed by atoms with E-state index < -0.39 is 0 Å². The van der Waals surface area contributed by atoms with E-state index in [2.05, 4.69) is 48.5 Å². The van der Waals surface area contributed by atoms with E-state index in [-0.39, 0.29) is 57.4 Å². The van der Waals surface area contributed by atoms with Gasteiger partial charge in [0.05, 0.1) is 23.9 Å². The topological polar surface area (TPSA) is 69.9 Å². The number of hydrogen-bond acceptors (Lipinski definition) is 4. The molecular weight excluding hydrogens is 424 g/mol. The monoisotopic (exact) mass is 478 g/mol. The molecule has 4 rings (SSSR count). The Bertz CT molecular complexity index is 748. The van der Waals surface area contributed by atoms with Gasteiger partial charge in [-0.2, -0.15) is 0 Å². The molecule has 3 N–H and O–H groups in total. The van der Waals surface area contributed by atoms with Crippen molar-refractivity contribution < 1.29 is 20.1 Å². The zero-order valence-electron chi connectivity index (χ0n) is 23.4. The Morgan fingerprint density at radius 3 is 2.21 bits per heavy atom. The third-order valence-electron chi connectivity index (χ3n) is 12.7. The number of hydrogen-bond donors (Lipinski definition) is 3. The second-order valence-corrected chi connectivity index (χ2v) is 14.8. The molecule has 198 valence electrons. The molecule has 10 atom stereocenters. The van der Waals surface area contributed by atoms with Crippen molar-refractivity contribution in [2.45, 2.75) is 137 Å². The lowest BCUT2D eigenvalue weighted by atomic mass is 9.35. The summed E-state index contributed by atoms with van der Waals surface area (Å²) in [6.45, 7) is 16.3. The van der Waals surface area contributed by atoms with Crippen LogP contribution in [0.25, 0.3) is 0 Å². The number of aliphatic hydroxyl groups is 3. The van der Waals surface area contributed by atoms with E-state index >= 15 is 0 Å². The highest BCUT2D eigenvalue weighted by molar-refractivity contribution is 5.19. The second kappa shape index (κ2) is 8.71. The van der Waals surface area contributed by atoms with Crippen LogP contribution in [0, 0.1) is 45.3 Å². The van der Waals surface area contributed by atoms with Crippen LogP contribution in [0.4, 0.5) is 0 Å². The van der Waals surface area contributed by atoms with Crippen molar-refractivity contribution in [3.05, 3.63) is 0 Å². The molecule has 0 amide bonds. The molecule has 0 bridgehead atoms. The van der Waals surface area contributed by atoms with Gasteiger partial charge in [0.15, 0.2) is 0 Å². The fourth-order valence-electron chi connectivity index (χ4n) is 10.3. The lowest BCUT2D eigenvalue weighted by Crippen LogP contribution is -2.66. The predicted molar refractivity (Wildman–Crippen MR) is 137 cm³/mol. The summed E-state index contributed by atoms with van der Waals surface area (Å²) in [6.07, 6.45) is 9.08. The van der Waals surface area contributed by atoms with Gasteiger partial charge in [0.2, 0.25) is 0 Å². The van der Waals surface area contributed by atoms with Crippen LogP contribution in [0.1, 0.15) is 113 Å². The Labute approximate surface area is 209 Å². The van der Waals surface area contributed by atoms with Crippen LogP contribution in [0.5, 0.6) is 0 Å². The average molecular weight is 479 g/mol. The van der Waals surface area contributed by atoms with Gasteiger partial charge in [-0.15, -0.1) is 0 Å². The molecule has 0 aromatic carbocycles. The highest BCUT2D eigenvalue weighted by atomic mass is 16.5.